The lowest BCUT2D eigenvalue weighted by molar-refractivity contribution is 0.0953. The Kier molecular flexibility index (Phi) is 2.51. The second kappa shape index (κ2) is 3.69. The average Bonchev–Trinajstić information content (AvgIpc) is 2.42. The number of fused-ring (bicyclic) bond motifs is 1. The lowest BCUT2D eigenvalue weighted by Crippen LogP contribution is -2.20. The third-order valence-electron chi connectivity index (χ3n) is 2.84. The molecule has 1 unspecified atom stereocenters. The summed E-state index contributed by atoms with van der Waals surface area (Å²) in [6.07, 6.45) is 1.02. The van der Waals surface area contributed by atoms with Gasteiger partial charge < -0.3 is 5.32 Å². The van der Waals surface area contributed by atoms with E-state index in [0.717, 1.165) is 17.5 Å². The van der Waals surface area contributed by atoms with Gasteiger partial charge in [-0.2, -0.15) is 0 Å². The first-order valence-corrected chi connectivity index (χ1v) is 5.49. The monoisotopic (exact) mass is 203 g/mol. The molecule has 15 heavy (non-hydrogen) atoms. The smallest absolute Gasteiger partial charge is 0.252 e. The van der Waals surface area contributed by atoms with E-state index in [1.165, 1.54) is 5.56 Å². The first kappa shape index (κ1) is 10.2. The van der Waals surface area contributed by atoms with Crippen LogP contribution in [0.25, 0.3) is 0 Å². The maximum absolute atomic E-state index is 11.7. The molecule has 2 rings (SSSR count). The SMILES string of the molecule is Cc1ccc2c(c1)C(=O)NC2CC(C)C. The van der Waals surface area contributed by atoms with Gasteiger partial charge in [0.05, 0.1) is 6.04 Å². The summed E-state index contributed by atoms with van der Waals surface area (Å²) >= 11 is 0. The highest BCUT2D eigenvalue weighted by molar-refractivity contribution is 5.99. The molecule has 1 amide bonds. The third kappa shape index (κ3) is 1.89. The lowest BCUT2D eigenvalue weighted by atomic mass is 9.96. The van der Waals surface area contributed by atoms with Gasteiger partial charge in [0.15, 0.2) is 0 Å². The van der Waals surface area contributed by atoms with Crippen LogP contribution in [0.3, 0.4) is 0 Å². The predicted octanol–water partition coefficient (Wildman–Crippen LogP) is 2.83. The molecule has 1 N–H and O–H groups in total. The standard InChI is InChI=1S/C13H17NO/c1-8(2)6-12-10-5-4-9(3)7-11(10)13(15)14-12/h4-5,7-8,12H,6H2,1-3H3,(H,14,15). The van der Waals surface area contributed by atoms with Crippen LogP contribution in [0.5, 0.6) is 0 Å². The number of aryl methyl sites for hydroxylation is 1. The van der Waals surface area contributed by atoms with Crippen molar-refractivity contribution in [1.29, 1.82) is 0 Å². The third-order valence-corrected chi connectivity index (χ3v) is 2.84. The van der Waals surface area contributed by atoms with Gasteiger partial charge >= 0.3 is 0 Å². The average molecular weight is 203 g/mol. The van der Waals surface area contributed by atoms with Crippen LogP contribution in [0.15, 0.2) is 18.2 Å². The summed E-state index contributed by atoms with van der Waals surface area (Å²) < 4.78 is 0. The Morgan fingerprint density at radius 3 is 2.80 bits per heavy atom. The summed E-state index contributed by atoms with van der Waals surface area (Å²) in [6, 6.07) is 6.35. The van der Waals surface area contributed by atoms with E-state index in [-0.39, 0.29) is 11.9 Å². The van der Waals surface area contributed by atoms with Crippen LogP contribution in [-0.2, 0) is 0 Å². The molecule has 1 aromatic carbocycles. The van der Waals surface area contributed by atoms with Crippen LogP contribution in [-0.4, -0.2) is 5.91 Å². The molecule has 0 saturated heterocycles. The fourth-order valence-corrected chi connectivity index (χ4v) is 2.14. The molecule has 0 bridgehead atoms. The van der Waals surface area contributed by atoms with E-state index in [4.69, 9.17) is 0 Å². The van der Waals surface area contributed by atoms with Crippen molar-refractivity contribution >= 4 is 5.91 Å². The predicted molar refractivity (Wildman–Crippen MR) is 60.8 cm³/mol. The Morgan fingerprint density at radius 1 is 1.40 bits per heavy atom. The number of benzene rings is 1. The quantitative estimate of drug-likeness (QED) is 0.786. The van der Waals surface area contributed by atoms with Crippen LogP contribution in [0.2, 0.25) is 0 Å². The van der Waals surface area contributed by atoms with Gasteiger partial charge in [0.2, 0.25) is 0 Å². The number of rotatable bonds is 2. The second-order valence-electron chi connectivity index (χ2n) is 4.75. The molecule has 1 aliphatic rings. The van der Waals surface area contributed by atoms with Crippen molar-refractivity contribution in [1.82, 2.24) is 5.32 Å². The van der Waals surface area contributed by atoms with Gasteiger partial charge in [-0.3, -0.25) is 4.79 Å². The number of carbonyl (C=O) groups is 1. The van der Waals surface area contributed by atoms with Crippen molar-refractivity contribution in [3.63, 3.8) is 0 Å². The Hall–Kier alpha value is -1.31. The molecule has 0 fully saturated rings. The van der Waals surface area contributed by atoms with Gasteiger partial charge in [-0.05, 0) is 30.9 Å². The zero-order valence-electron chi connectivity index (χ0n) is 9.50. The van der Waals surface area contributed by atoms with Gasteiger partial charge in [-0.1, -0.05) is 31.5 Å². The van der Waals surface area contributed by atoms with Crippen LogP contribution >= 0.6 is 0 Å². The highest BCUT2D eigenvalue weighted by Gasteiger charge is 2.28. The molecule has 0 aromatic heterocycles. The maximum atomic E-state index is 11.7. The lowest BCUT2D eigenvalue weighted by Gasteiger charge is -2.13. The van der Waals surface area contributed by atoms with Crippen LogP contribution in [0, 0.1) is 12.8 Å². The second-order valence-corrected chi connectivity index (χ2v) is 4.75. The van der Waals surface area contributed by atoms with Gasteiger partial charge in [0.25, 0.3) is 5.91 Å². The van der Waals surface area contributed by atoms with Gasteiger partial charge in [-0.15, -0.1) is 0 Å². The number of nitrogens with one attached hydrogen (secondary N) is 1. The van der Waals surface area contributed by atoms with Crippen molar-refractivity contribution < 1.29 is 4.79 Å². The van der Waals surface area contributed by atoms with Crippen molar-refractivity contribution in [2.24, 2.45) is 5.92 Å². The molecule has 1 atom stereocenters. The van der Waals surface area contributed by atoms with E-state index in [9.17, 15) is 4.79 Å². The largest absolute Gasteiger partial charge is 0.345 e. The first-order valence-electron chi connectivity index (χ1n) is 5.49. The molecule has 2 heteroatoms. The Morgan fingerprint density at radius 2 is 2.13 bits per heavy atom. The molecule has 1 aliphatic heterocycles. The van der Waals surface area contributed by atoms with E-state index < -0.39 is 0 Å². The van der Waals surface area contributed by atoms with Crippen molar-refractivity contribution in [2.75, 3.05) is 0 Å². The molecule has 80 valence electrons. The highest BCUT2D eigenvalue weighted by atomic mass is 16.2. The van der Waals surface area contributed by atoms with E-state index in [1.54, 1.807) is 0 Å². The number of hydrogen-bond donors (Lipinski definition) is 1. The molecule has 0 radical (unpaired) electrons. The fourth-order valence-electron chi connectivity index (χ4n) is 2.14. The zero-order valence-corrected chi connectivity index (χ0v) is 9.50. The Labute approximate surface area is 90.7 Å². The Bertz CT molecular complexity index is 396. The van der Waals surface area contributed by atoms with Gasteiger partial charge in [0, 0.05) is 5.56 Å². The van der Waals surface area contributed by atoms with Crippen molar-refractivity contribution in [2.45, 2.75) is 33.2 Å². The van der Waals surface area contributed by atoms with E-state index in [2.05, 4.69) is 31.3 Å². The zero-order chi connectivity index (χ0) is 11.0. The van der Waals surface area contributed by atoms with E-state index >= 15 is 0 Å². The van der Waals surface area contributed by atoms with Gasteiger partial charge in [-0.25, -0.2) is 0 Å². The summed E-state index contributed by atoms with van der Waals surface area (Å²) in [5, 5.41) is 3.04. The molecule has 2 nitrogen and oxygen atoms in total. The Balaban J connectivity index is 2.34. The number of hydrogen-bond acceptors (Lipinski definition) is 1. The van der Waals surface area contributed by atoms with Crippen LogP contribution in [0.4, 0.5) is 0 Å². The molecule has 0 aliphatic carbocycles. The van der Waals surface area contributed by atoms with Crippen LogP contribution < -0.4 is 5.32 Å². The van der Waals surface area contributed by atoms with Gasteiger partial charge in [0.1, 0.15) is 0 Å². The summed E-state index contributed by atoms with van der Waals surface area (Å²) in [5.41, 5.74) is 3.18. The maximum Gasteiger partial charge on any atom is 0.252 e. The number of carbonyl (C=O) groups excluding carboxylic acids is 1. The van der Waals surface area contributed by atoms with Crippen molar-refractivity contribution in [3.8, 4) is 0 Å². The fraction of sp³-hybridized carbons (Fsp3) is 0.462. The normalized spacial score (nSPS) is 19.2. The van der Waals surface area contributed by atoms with Crippen molar-refractivity contribution in [3.05, 3.63) is 34.9 Å². The summed E-state index contributed by atoms with van der Waals surface area (Å²) in [4.78, 5) is 11.7. The molecular formula is C13H17NO. The summed E-state index contributed by atoms with van der Waals surface area (Å²) in [5.74, 6) is 0.682. The van der Waals surface area contributed by atoms with E-state index in [0.29, 0.717) is 5.92 Å². The molecule has 0 spiro atoms. The molecule has 1 heterocycles. The molecule has 1 aromatic rings. The highest BCUT2D eigenvalue weighted by Crippen LogP contribution is 2.30. The minimum absolute atomic E-state index is 0.0827. The minimum atomic E-state index is 0.0827. The number of amides is 1. The molecule has 0 saturated carbocycles. The van der Waals surface area contributed by atoms with Crippen LogP contribution in [0.1, 0.15) is 47.8 Å². The molecular weight excluding hydrogens is 186 g/mol. The van der Waals surface area contributed by atoms with E-state index in [1.807, 2.05) is 13.0 Å². The topological polar surface area (TPSA) is 29.1 Å². The summed E-state index contributed by atoms with van der Waals surface area (Å²) in [6.45, 7) is 6.38. The first-order chi connectivity index (χ1) is 7.08. The summed E-state index contributed by atoms with van der Waals surface area (Å²) in [7, 11) is 0. The minimum Gasteiger partial charge on any atom is -0.345 e.